The molecule has 142 valence electrons. The van der Waals surface area contributed by atoms with E-state index in [1.165, 1.54) is 19.3 Å². The van der Waals surface area contributed by atoms with E-state index < -0.39 is 12.6 Å². The molecule has 27 heavy (non-hydrogen) atoms. The van der Waals surface area contributed by atoms with E-state index in [4.69, 9.17) is 37.4 Å². The second kappa shape index (κ2) is 10.00. The fourth-order valence-corrected chi connectivity index (χ4v) is 2.75. The van der Waals surface area contributed by atoms with E-state index >= 15 is 0 Å². The van der Waals surface area contributed by atoms with Gasteiger partial charge in [-0.3, -0.25) is 4.79 Å². The van der Waals surface area contributed by atoms with Crippen LogP contribution < -0.4 is 9.47 Å². The number of esters is 1. The topological polar surface area (TPSA) is 61.8 Å². The Bertz CT molecular complexity index is 861. The monoisotopic (exact) mass is 408 g/mol. The zero-order chi connectivity index (χ0) is 19.8. The summed E-state index contributed by atoms with van der Waals surface area (Å²) >= 11 is 12.1. The first-order valence-electron chi connectivity index (χ1n) is 8.09. The highest BCUT2D eigenvalue weighted by atomic mass is 35.5. The molecule has 0 saturated carbocycles. The molecule has 0 aliphatic carbocycles. The largest absolute Gasteiger partial charge is 0.493 e. The summed E-state index contributed by atoms with van der Waals surface area (Å²) in [6.07, 6.45) is 2.71. The third-order valence-corrected chi connectivity index (χ3v) is 4.08. The average molecular weight is 409 g/mol. The number of carbonyl (C=O) groups excluding carboxylic acids is 2. The fraction of sp³-hybridized carbons (Fsp3) is 0.200. The molecule has 0 amide bonds. The molecule has 7 heteroatoms. The van der Waals surface area contributed by atoms with Gasteiger partial charge in [0.25, 0.3) is 0 Å². The first-order valence-corrected chi connectivity index (χ1v) is 8.84. The Kier molecular flexibility index (Phi) is 7.70. The van der Waals surface area contributed by atoms with Gasteiger partial charge in [-0.05, 0) is 42.8 Å². The SMILES string of the molecule is CCOc1c(Cl)cc(/C=C/C(=O)OCC(=O)c2ccccc2Cl)cc1OC. The minimum atomic E-state index is -0.667. The van der Waals surface area contributed by atoms with Crippen molar-refractivity contribution in [2.24, 2.45) is 0 Å². The second-order valence-corrected chi connectivity index (χ2v) is 6.13. The van der Waals surface area contributed by atoms with Crippen LogP contribution in [0.3, 0.4) is 0 Å². The van der Waals surface area contributed by atoms with Gasteiger partial charge >= 0.3 is 5.97 Å². The zero-order valence-electron chi connectivity index (χ0n) is 14.8. The molecule has 0 unspecified atom stereocenters. The van der Waals surface area contributed by atoms with E-state index in [1.54, 1.807) is 36.4 Å². The first-order chi connectivity index (χ1) is 13.0. The highest BCUT2D eigenvalue weighted by molar-refractivity contribution is 6.34. The maximum absolute atomic E-state index is 12.0. The van der Waals surface area contributed by atoms with Gasteiger partial charge in [0.1, 0.15) is 0 Å². The molecular weight excluding hydrogens is 391 g/mol. The van der Waals surface area contributed by atoms with Gasteiger partial charge in [0.05, 0.1) is 23.8 Å². The Morgan fingerprint density at radius 2 is 1.85 bits per heavy atom. The number of halogens is 2. The van der Waals surface area contributed by atoms with Gasteiger partial charge in [-0.2, -0.15) is 0 Å². The van der Waals surface area contributed by atoms with Gasteiger partial charge in [-0.15, -0.1) is 0 Å². The summed E-state index contributed by atoms with van der Waals surface area (Å²) in [5, 5.41) is 0.670. The molecule has 0 aliphatic heterocycles. The van der Waals surface area contributed by atoms with Crippen molar-refractivity contribution >= 4 is 41.0 Å². The summed E-state index contributed by atoms with van der Waals surface area (Å²) in [5.41, 5.74) is 0.925. The van der Waals surface area contributed by atoms with Crippen LogP contribution in [0, 0.1) is 0 Å². The maximum Gasteiger partial charge on any atom is 0.331 e. The number of carbonyl (C=O) groups is 2. The molecule has 0 spiro atoms. The molecule has 0 aliphatic rings. The molecular formula is C20H18Cl2O5. The Hall–Kier alpha value is -2.50. The van der Waals surface area contributed by atoms with Crippen LogP contribution in [0.2, 0.25) is 10.0 Å². The number of Topliss-reactive ketones (excluding diaryl/α,β-unsaturated/α-hetero) is 1. The number of methoxy groups -OCH3 is 1. The van der Waals surface area contributed by atoms with Crippen LogP contribution in [0.5, 0.6) is 11.5 Å². The van der Waals surface area contributed by atoms with Gasteiger partial charge in [0.15, 0.2) is 18.1 Å². The lowest BCUT2D eigenvalue weighted by molar-refractivity contribution is -0.136. The molecule has 0 fully saturated rings. The summed E-state index contributed by atoms with van der Waals surface area (Å²) in [6, 6.07) is 9.87. The minimum absolute atomic E-state index is 0.305. The Morgan fingerprint density at radius 1 is 1.11 bits per heavy atom. The van der Waals surface area contributed by atoms with Gasteiger partial charge in [0, 0.05) is 11.6 Å². The van der Waals surface area contributed by atoms with Crippen LogP contribution in [0.25, 0.3) is 6.08 Å². The van der Waals surface area contributed by atoms with Crippen molar-refractivity contribution in [2.45, 2.75) is 6.92 Å². The van der Waals surface area contributed by atoms with Gasteiger partial charge < -0.3 is 14.2 Å². The van der Waals surface area contributed by atoms with E-state index in [0.29, 0.717) is 39.3 Å². The van der Waals surface area contributed by atoms with Crippen LogP contribution in [-0.2, 0) is 9.53 Å². The highest BCUT2D eigenvalue weighted by Crippen LogP contribution is 2.36. The minimum Gasteiger partial charge on any atom is -0.493 e. The molecule has 0 saturated heterocycles. The number of ether oxygens (including phenoxy) is 3. The summed E-state index contributed by atoms with van der Waals surface area (Å²) < 4.78 is 15.6. The summed E-state index contributed by atoms with van der Waals surface area (Å²) in [7, 11) is 1.50. The van der Waals surface area contributed by atoms with Gasteiger partial charge in [-0.25, -0.2) is 4.79 Å². The van der Waals surface area contributed by atoms with E-state index in [2.05, 4.69) is 0 Å². The van der Waals surface area contributed by atoms with Crippen LogP contribution in [0.4, 0.5) is 0 Å². The predicted molar refractivity (Wildman–Crippen MR) is 105 cm³/mol. The van der Waals surface area contributed by atoms with Crippen LogP contribution in [0.15, 0.2) is 42.5 Å². The van der Waals surface area contributed by atoms with Crippen molar-refractivity contribution in [3.8, 4) is 11.5 Å². The Morgan fingerprint density at radius 3 is 2.52 bits per heavy atom. The van der Waals surface area contributed by atoms with Crippen molar-refractivity contribution < 1.29 is 23.8 Å². The first kappa shape index (κ1) is 20.8. The molecule has 0 radical (unpaired) electrons. The van der Waals surface area contributed by atoms with E-state index in [0.717, 1.165) is 0 Å². The second-order valence-electron chi connectivity index (χ2n) is 5.31. The standard InChI is InChI=1S/C20H18Cl2O5/c1-3-26-20-16(22)10-13(11-18(20)25-2)8-9-19(24)27-12-17(23)14-6-4-5-7-15(14)21/h4-11H,3,12H2,1-2H3/b9-8+. The van der Waals surface area contributed by atoms with Crippen LogP contribution >= 0.6 is 23.2 Å². The molecule has 0 bridgehead atoms. The molecule has 2 aromatic rings. The normalized spacial score (nSPS) is 10.7. The smallest absolute Gasteiger partial charge is 0.331 e. The summed E-state index contributed by atoms with van der Waals surface area (Å²) in [4.78, 5) is 23.9. The zero-order valence-corrected chi connectivity index (χ0v) is 16.3. The molecule has 2 aromatic carbocycles. The van der Waals surface area contributed by atoms with Gasteiger partial charge in [0.2, 0.25) is 5.78 Å². The third-order valence-electron chi connectivity index (χ3n) is 3.47. The Labute approximate surface area is 167 Å². The maximum atomic E-state index is 12.0. The molecule has 5 nitrogen and oxygen atoms in total. The number of benzene rings is 2. The summed E-state index contributed by atoms with van der Waals surface area (Å²) in [6.45, 7) is 1.88. The lowest BCUT2D eigenvalue weighted by atomic mass is 10.1. The number of hydrogen-bond donors (Lipinski definition) is 0. The lowest BCUT2D eigenvalue weighted by Crippen LogP contribution is -2.12. The number of hydrogen-bond acceptors (Lipinski definition) is 5. The quantitative estimate of drug-likeness (QED) is 0.355. The molecule has 2 rings (SSSR count). The number of rotatable bonds is 8. The molecule has 0 atom stereocenters. The van der Waals surface area contributed by atoms with Crippen molar-refractivity contribution in [3.63, 3.8) is 0 Å². The average Bonchev–Trinajstić information content (AvgIpc) is 2.66. The Balaban J connectivity index is 2.01. The molecule has 0 N–H and O–H groups in total. The van der Waals surface area contributed by atoms with Crippen LogP contribution in [0.1, 0.15) is 22.8 Å². The molecule has 0 heterocycles. The van der Waals surface area contributed by atoms with Crippen molar-refractivity contribution in [3.05, 3.63) is 63.6 Å². The lowest BCUT2D eigenvalue weighted by Gasteiger charge is -2.11. The summed E-state index contributed by atoms with van der Waals surface area (Å²) in [5.74, 6) is -0.162. The van der Waals surface area contributed by atoms with E-state index in [1.807, 2.05) is 6.92 Å². The van der Waals surface area contributed by atoms with E-state index in [9.17, 15) is 9.59 Å². The van der Waals surface area contributed by atoms with E-state index in [-0.39, 0.29) is 5.78 Å². The van der Waals surface area contributed by atoms with Crippen molar-refractivity contribution in [2.75, 3.05) is 20.3 Å². The molecule has 0 aromatic heterocycles. The fourth-order valence-electron chi connectivity index (χ4n) is 2.23. The highest BCUT2D eigenvalue weighted by Gasteiger charge is 2.13. The van der Waals surface area contributed by atoms with Gasteiger partial charge in [-0.1, -0.05) is 35.3 Å². The van der Waals surface area contributed by atoms with Crippen molar-refractivity contribution in [1.29, 1.82) is 0 Å². The third kappa shape index (κ3) is 5.74. The predicted octanol–water partition coefficient (Wildman–Crippen LogP) is 4.84. The van der Waals surface area contributed by atoms with Crippen molar-refractivity contribution in [1.82, 2.24) is 0 Å². The number of ketones is 1. The van der Waals surface area contributed by atoms with Crippen LogP contribution in [-0.4, -0.2) is 32.1 Å².